The second kappa shape index (κ2) is 5.65. The number of hydrogen-bond acceptors (Lipinski definition) is 3. The molecule has 0 saturated heterocycles. The van der Waals surface area contributed by atoms with E-state index in [1.807, 2.05) is 31.3 Å². The second-order valence-electron chi connectivity index (χ2n) is 3.96. The third kappa shape index (κ3) is 2.88. The molecular formula is C14H12BrN3. The van der Waals surface area contributed by atoms with Crippen LogP contribution >= 0.6 is 15.9 Å². The fraction of sp³-hybridized carbons (Fsp3) is 0.143. The molecule has 0 saturated carbocycles. The number of anilines is 1. The molecule has 4 heteroatoms. The Balaban J connectivity index is 2.18. The van der Waals surface area contributed by atoms with E-state index in [0.717, 1.165) is 15.7 Å². The molecule has 1 N–H and O–H groups in total. The molecule has 1 heterocycles. The predicted molar refractivity (Wildman–Crippen MR) is 75.2 cm³/mol. The van der Waals surface area contributed by atoms with Gasteiger partial charge in [-0.3, -0.25) is 4.98 Å². The van der Waals surface area contributed by atoms with E-state index >= 15 is 0 Å². The van der Waals surface area contributed by atoms with Crippen molar-refractivity contribution < 1.29 is 0 Å². The van der Waals surface area contributed by atoms with Gasteiger partial charge in [-0.25, -0.2) is 0 Å². The highest BCUT2D eigenvalue weighted by molar-refractivity contribution is 9.10. The number of benzene rings is 1. The minimum atomic E-state index is 0.643. The van der Waals surface area contributed by atoms with Gasteiger partial charge in [0.15, 0.2) is 0 Å². The van der Waals surface area contributed by atoms with E-state index in [4.69, 9.17) is 5.26 Å². The number of nitrogens with zero attached hydrogens (tertiary/aromatic N) is 2. The van der Waals surface area contributed by atoms with Gasteiger partial charge in [-0.15, -0.1) is 0 Å². The second-order valence-corrected chi connectivity index (χ2v) is 4.87. The van der Waals surface area contributed by atoms with Gasteiger partial charge in [-0.2, -0.15) is 5.26 Å². The number of hydrogen-bond donors (Lipinski definition) is 1. The lowest BCUT2D eigenvalue weighted by molar-refractivity contribution is 1.09. The lowest BCUT2D eigenvalue weighted by atomic mass is 10.1. The number of nitriles is 1. The maximum absolute atomic E-state index is 9.05. The first-order valence-corrected chi connectivity index (χ1v) is 6.33. The molecule has 0 amide bonds. The Morgan fingerprint density at radius 3 is 2.94 bits per heavy atom. The average Bonchev–Trinajstić information content (AvgIpc) is 2.38. The number of pyridine rings is 1. The number of nitrogens with one attached hydrogen (secondary N) is 1. The number of aromatic nitrogens is 1. The lowest BCUT2D eigenvalue weighted by Gasteiger charge is -2.10. The quantitative estimate of drug-likeness (QED) is 0.941. The summed E-state index contributed by atoms with van der Waals surface area (Å²) in [6, 6.07) is 9.73. The van der Waals surface area contributed by atoms with Crippen molar-refractivity contribution in [2.75, 3.05) is 5.32 Å². The van der Waals surface area contributed by atoms with Crippen molar-refractivity contribution in [3.63, 3.8) is 0 Å². The Hall–Kier alpha value is -1.86. The van der Waals surface area contributed by atoms with E-state index in [1.165, 1.54) is 5.56 Å². The molecule has 0 aliphatic carbocycles. The van der Waals surface area contributed by atoms with Crippen LogP contribution in [-0.2, 0) is 6.54 Å². The van der Waals surface area contributed by atoms with Gasteiger partial charge >= 0.3 is 0 Å². The molecule has 0 unspecified atom stereocenters. The minimum Gasteiger partial charge on any atom is -0.380 e. The van der Waals surface area contributed by atoms with Gasteiger partial charge < -0.3 is 5.32 Å². The Morgan fingerprint density at radius 1 is 1.39 bits per heavy atom. The van der Waals surface area contributed by atoms with E-state index in [0.29, 0.717) is 12.1 Å². The Labute approximate surface area is 115 Å². The highest BCUT2D eigenvalue weighted by Crippen LogP contribution is 2.21. The summed E-state index contributed by atoms with van der Waals surface area (Å²) in [4.78, 5) is 4.06. The van der Waals surface area contributed by atoms with Gasteiger partial charge in [-0.05, 0) is 42.3 Å². The minimum absolute atomic E-state index is 0.643. The molecule has 0 bridgehead atoms. The van der Waals surface area contributed by atoms with Crippen molar-refractivity contribution in [1.82, 2.24) is 4.98 Å². The molecule has 3 nitrogen and oxygen atoms in total. The van der Waals surface area contributed by atoms with E-state index < -0.39 is 0 Å². The molecule has 0 spiro atoms. The summed E-state index contributed by atoms with van der Waals surface area (Å²) < 4.78 is 0.954. The van der Waals surface area contributed by atoms with Crippen molar-refractivity contribution >= 4 is 21.6 Å². The maximum Gasteiger partial charge on any atom is 0.101 e. The maximum atomic E-state index is 9.05. The normalized spacial score (nSPS) is 9.83. The summed E-state index contributed by atoms with van der Waals surface area (Å²) in [5, 5.41) is 12.3. The Kier molecular flexibility index (Phi) is 3.96. The highest BCUT2D eigenvalue weighted by Gasteiger charge is 2.03. The van der Waals surface area contributed by atoms with Crippen LogP contribution in [0.1, 0.15) is 16.7 Å². The first kappa shape index (κ1) is 12.6. The van der Waals surface area contributed by atoms with E-state index in [9.17, 15) is 0 Å². The number of aryl methyl sites for hydroxylation is 1. The Morgan fingerprint density at radius 2 is 2.22 bits per heavy atom. The molecule has 0 atom stereocenters. The van der Waals surface area contributed by atoms with Gasteiger partial charge in [0.2, 0.25) is 0 Å². The smallest absolute Gasteiger partial charge is 0.101 e. The van der Waals surface area contributed by atoms with E-state index in [2.05, 4.69) is 32.3 Å². The predicted octanol–water partition coefficient (Wildman–Crippen LogP) is 3.64. The fourth-order valence-corrected chi connectivity index (χ4v) is 2.01. The lowest BCUT2D eigenvalue weighted by Crippen LogP contribution is -2.03. The summed E-state index contributed by atoms with van der Waals surface area (Å²) >= 11 is 3.41. The van der Waals surface area contributed by atoms with Crippen molar-refractivity contribution in [2.24, 2.45) is 0 Å². The third-order valence-corrected chi connectivity index (χ3v) is 3.20. The zero-order valence-electron chi connectivity index (χ0n) is 9.94. The van der Waals surface area contributed by atoms with Gasteiger partial charge in [0.25, 0.3) is 0 Å². The molecule has 2 rings (SSSR count). The Bertz CT molecular complexity index is 602. The molecule has 1 aromatic carbocycles. The first-order valence-electron chi connectivity index (χ1n) is 5.53. The van der Waals surface area contributed by atoms with Gasteiger partial charge in [0.05, 0.1) is 11.3 Å². The molecule has 0 fully saturated rings. The standard InChI is InChI=1S/C14H12BrN3/c1-10-8-17-5-4-12(10)9-18-14-6-13(15)3-2-11(14)7-16/h2-6,8,18H,9H2,1H3. The van der Waals surface area contributed by atoms with Crippen molar-refractivity contribution in [3.8, 4) is 6.07 Å². The molecule has 2 aromatic rings. The highest BCUT2D eigenvalue weighted by atomic mass is 79.9. The van der Waals surface area contributed by atoms with Crippen LogP contribution in [-0.4, -0.2) is 4.98 Å². The summed E-state index contributed by atoms with van der Waals surface area (Å²) in [6.07, 6.45) is 3.61. The van der Waals surface area contributed by atoms with Crippen LogP contribution in [0.3, 0.4) is 0 Å². The first-order chi connectivity index (χ1) is 8.70. The number of halogens is 1. The van der Waals surface area contributed by atoms with Crippen LogP contribution in [0, 0.1) is 18.3 Å². The zero-order chi connectivity index (χ0) is 13.0. The van der Waals surface area contributed by atoms with Crippen molar-refractivity contribution in [1.29, 1.82) is 5.26 Å². The number of rotatable bonds is 3. The average molecular weight is 302 g/mol. The van der Waals surface area contributed by atoms with Crippen molar-refractivity contribution in [3.05, 3.63) is 57.8 Å². The molecule has 0 radical (unpaired) electrons. The van der Waals surface area contributed by atoms with Crippen LogP contribution in [0.2, 0.25) is 0 Å². The molecule has 1 aromatic heterocycles. The van der Waals surface area contributed by atoms with Gasteiger partial charge in [0, 0.05) is 23.4 Å². The van der Waals surface area contributed by atoms with Crippen LogP contribution in [0.25, 0.3) is 0 Å². The summed E-state index contributed by atoms with van der Waals surface area (Å²) in [7, 11) is 0. The van der Waals surface area contributed by atoms with Crippen LogP contribution in [0.4, 0.5) is 5.69 Å². The van der Waals surface area contributed by atoms with Gasteiger partial charge in [0.1, 0.15) is 6.07 Å². The monoisotopic (exact) mass is 301 g/mol. The molecule has 0 aliphatic heterocycles. The van der Waals surface area contributed by atoms with Crippen LogP contribution in [0.5, 0.6) is 0 Å². The third-order valence-electron chi connectivity index (χ3n) is 2.71. The van der Waals surface area contributed by atoms with Crippen molar-refractivity contribution in [2.45, 2.75) is 13.5 Å². The van der Waals surface area contributed by atoms with E-state index in [-0.39, 0.29) is 0 Å². The fourth-order valence-electron chi connectivity index (χ4n) is 1.65. The van der Waals surface area contributed by atoms with Crippen LogP contribution < -0.4 is 5.32 Å². The van der Waals surface area contributed by atoms with E-state index in [1.54, 1.807) is 12.3 Å². The summed E-state index contributed by atoms with van der Waals surface area (Å²) in [5.74, 6) is 0. The molecule has 0 aliphatic rings. The topological polar surface area (TPSA) is 48.7 Å². The summed E-state index contributed by atoms with van der Waals surface area (Å²) in [6.45, 7) is 2.70. The van der Waals surface area contributed by atoms with Crippen LogP contribution in [0.15, 0.2) is 41.1 Å². The molecular weight excluding hydrogens is 290 g/mol. The molecule has 18 heavy (non-hydrogen) atoms. The SMILES string of the molecule is Cc1cnccc1CNc1cc(Br)ccc1C#N. The summed E-state index contributed by atoms with van der Waals surface area (Å²) in [5.41, 5.74) is 3.79. The molecule has 90 valence electrons. The largest absolute Gasteiger partial charge is 0.380 e. The zero-order valence-corrected chi connectivity index (χ0v) is 11.5. The van der Waals surface area contributed by atoms with Gasteiger partial charge in [-0.1, -0.05) is 15.9 Å².